The van der Waals surface area contributed by atoms with Gasteiger partial charge >= 0.3 is 6.09 Å². The number of carbonyl (C=O) groups excluding carboxylic acids is 2. The lowest BCUT2D eigenvalue weighted by Gasteiger charge is -2.20. The highest BCUT2D eigenvalue weighted by atomic mass is 79.9. The summed E-state index contributed by atoms with van der Waals surface area (Å²) >= 11 is 3.42. The number of hydrogen-bond acceptors (Lipinski definition) is 3. The Kier molecular flexibility index (Phi) is 3.29. The number of cyclic esters (lactones) is 1. The quantitative estimate of drug-likeness (QED) is 0.722. The number of ether oxygens (including phenoxy) is 1. The van der Waals surface area contributed by atoms with E-state index in [0.717, 1.165) is 24.6 Å². The summed E-state index contributed by atoms with van der Waals surface area (Å²) in [6, 6.07) is 0. The zero-order chi connectivity index (χ0) is 10.8. The number of rotatable bonds is 2. The van der Waals surface area contributed by atoms with Gasteiger partial charge in [-0.1, -0.05) is 22.4 Å². The summed E-state index contributed by atoms with van der Waals surface area (Å²) in [7, 11) is 0. The number of hydrogen-bond donors (Lipinski definition) is 0. The Labute approximate surface area is 97.1 Å². The average Bonchev–Trinajstić information content (AvgIpc) is 2.84. The maximum absolute atomic E-state index is 12.0. The Morgan fingerprint density at radius 2 is 2.33 bits per heavy atom. The molecule has 2 amide bonds. The maximum Gasteiger partial charge on any atom is 0.416 e. The summed E-state index contributed by atoms with van der Waals surface area (Å²) in [5.41, 5.74) is 0. The molecule has 2 aliphatic rings. The Hall–Kier alpha value is -0.580. The molecule has 1 aliphatic carbocycles. The van der Waals surface area contributed by atoms with Gasteiger partial charge in [0.05, 0.1) is 6.54 Å². The normalized spacial score (nSPS) is 30.7. The molecule has 0 bridgehead atoms. The van der Waals surface area contributed by atoms with Crippen molar-refractivity contribution in [3.05, 3.63) is 0 Å². The first kappa shape index (κ1) is 10.9. The Morgan fingerprint density at radius 3 is 2.93 bits per heavy atom. The van der Waals surface area contributed by atoms with Gasteiger partial charge in [-0.15, -0.1) is 0 Å². The van der Waals surface area contributed by atoms with Crippen LogP contribution in [0.3, 0.4) is 0 Å². The highest BCUT2D eigenvalue weighted by Crippen LogP contribution is 2.34. The zero-order valence-corrected chi connectivity index (χ0v) is 10.0. The number of amides is 2. The third kappa shape index (κ3) is 2.02. The van der Waals surface area contributed by atoms with E-state index in [9.17, 15) is 9.59 Å². The van der Waals surface area contributed by atoms with Crippen LogP contribution in [0.4, 0.5) is 4.79 Å². The zero-order valence-electron chi connectivity index (χ0n) is 8.45. The van der Waals surface area contributed by atoms with E-state index in [1.165, 1.54) is 4.90 Å². The van der Waals surface area contributed by atoms with Crippen molar-refractivity contribution in [1.82, 2.24) is 4.90 Å². The first-order valence-corrected chi connectivity index (χ1v) is 6.40. The molecule has 0 radical (unpaired) electrons. The minimum atomic E-state index is -0.472. The number of alkyl halides is 1. The van der Waals surface area contributed by atoms with Crippen molar-refractivity contribution in [1.29, 1.82) is 0 Å². The summed E-state index contributed by atoms with van der Waals surface area (Å²) in [5, 5.41) is 0.840. The van der Waals surface area contributed by atoms with Gasteiger partial charge in [-0.05, 0) is 18.8 Å². The molecule has 1 heterocycles. The van der Waals surface area contributed by atoms with E-state index in [0.29, 0.717) is 19.1 Å². The van der Waals surface area contributed by atoms with Gasteiger partial charge < -0.3 is 4.74 Å². The molecule has 0 spiro atoms. The van der Waals surface area contributed by atoms with Crippen molar-refractivity contribution < 1.29 is 14.3 Å². The summed E-state index contributed by atoms with van der Waals surface area (Å²) in [5.74, 6) is 0.348. The lowest BCUT2D eigenvalue weighted by atomic mass is 9.97. The fourth-order valence-electron chi connectivity index (χ4n) is 2.34. The lowest BCUT2D eigenvalue weighted by Crippen LogP contribution is -2.38. The van der Waals surface area contributed by atoms with E-state index < -0.39 is 6.09 Å². The predicted molar refractivity (Wildman–Crippen MR) is 57.7 cm³/mol. The highest BCUT2D eigenvalue weighted by molar-refractivity contribution is 9.09. The second kappa shape index (κ2) is 4.51. The molecule has 0 aromatic carbocycles. The summed E-state index contributed by atoms with van der Waals surface area (Å²) in [6.45, 7) is 0.763. The summed E-state index contributed by atoms with van der Waals surface area (Å²) in [6.07, 6.45) is 2.58. The first-order chi connectivity index (χ1) is 7.24. The standard InChI is InChI=1S/C10H14BrNO3/c11-6-7-2-1-3-8(7)9(13)12-4-5-15-10(12)14/h7-8H,1-6H2/t7-,8+/m1/s1. The van der Waals surface area contributed by atoms with Crippen molar-refractivity contribution in [2.75, 3.05) is 18.5 Å². The molecular formula is C10H14BrNO3. The maximum atomic E-state index is 12.0. The third-order valence-electron chi connectivity index (χ3n) is 3.20. The van der Waals surface area contributed by atoms with Crippen LogP contribution < -0.4 is 0 Å². The molecule has 1 saturated heterocycles. The summed E-state index contributed by atoms with van der Waals surface area (Å²) in [4.78, 5) is 24.5. The second-order valence-electron chi connectivity index (χ2n) is 4.06. The van der Waals surface area contributed by atoms with Gasteiger partial charge in [-0.25, -0.2) is 9.69 Å². The smallest absolute Gasteiger partial charge is 0.416 e. The van der Waals surface area contributed by atoms with Crippen LogP contribution in [-0.4, -0.2) is 35.4 Å². The number of nitrogens with zero attached hydrogens (tertiary/aromatic N) is 1. The molecule has 0 unspecified atom stereocenters. The minimum Gasteiger partial charge on any atom is -0.447 e. The van der Waals surface area contributed by atoms with E-state index >= 15 is 0 Å². The third-order valence-corrected chi connectivity index (χ3v) is 4.03. The van der Waals surface area contributed by atoms with Crippen molar-refractivity contribution in [2.45, 2.75) is 19.3 Å². The van der Waals surface area contributed by atoms with E-state index in [2.05, 4.69) is 15.9 Å². The van der Waals surface area contributed by atoms with E-state index in [1.807, 2.05) is 0 Å². The van der Waals surface area contributed by atoms with Crippen molar-refractivity contribution >= 4 is 27.9 Å². The average molecular weight is 276 g/mol. The van der Waals surface area contributed by atoms with Crippen molar-refractivity contribution in [3.8, 4) is 0 Å². The van der Waals surface area contributed by atoms with Crippen LogP contribution in [0.1, 0.15) is 19.3 Å². The van der Waals surface area contributed by atoms with Crippen LogP contribution in [0, 0.1) is 11.8 Å². The molecule has 4 nitrogen and oxygen atoms in total. The van der Waals surface area contributed by atoms with Crippen LogP contribution >= 0.6 is 15.9 Å². The van der Waals surface area contributed by atoms with Gasteiger partial charge in [0, 0.05) is 11.2 Å². The molecule has 1 saturated carbocycles. The van der Waals surface area contributed by atoms with Gasteiger partial charge in [0.1, 0.15) is 6.61 Å². The molecule has 84 valence electrons. The summed E-state index contributed by atoms with van der Waals surface area (Å²) < 4.78 is 4.77. The number of imide groups is 1. The molecule has 1 aliphatic heterocycles. The van der Waals surface area contributed by atoms with Crippen LogP contribution in [0.25, 0.3) is 0 Å². The Morgan fingerprint density at radius 1 is 1.53 bits per heavy atom. The minimum absolute atomic E-state index is 0.00928. The molecule has 2 atom stereocenters. The van der Waals surface area contributed by atoms with E-state index in [1.54, 1.807) is 0 Å². The van der Waals surface area contributed by atoms with E-state index in [-0.39, 0.29) is 11.8 Å². The molecule has 5 heteroatoms. The van der Waals surface area contributed by atoms with Crippen LogP contribution in [0.15, 0.2) is 0 Å². The largest absolute Gasteiger partial charge is 0.447 e. The van der Waals surface area contributed by atoms with Crippen LogP contribution in [-0.2, 0) is 9.53 Å². The van der Waals surface area contributed by atoms with Crippen LogP contribution in [0.2, 0.25) is 0 Å². The molecule has 0 N–H and O–H groups in total. The highest BCUT2D eigenvalue weighted by Gasteiger charge is 2.39. The van der Waals surface area contributed by atoms with Crippen molar-refractivity contribution in [2.24, 2.45) is 11.8 Å². The topological polar surface area (TPSA) is 46.6 Å². The number of halogens is 1. The van der Waals surface area contributed by atoms with Crippen LogP contribution in [0.5, 0.6) is 0 Å². The second-order valence-corrected chi connectivity index (χ2v) is 4.70. The van der Waals surface area contributed by atoms with Gasteiger partial charge in [0.2, 0.25) is 5.91 Å². The lowest BCUT2D eigenvalue weighted by molar-refractivity contribution is -0.132. The van der Waals surface area contributed by atoms with Crippen molar-refractivity contribution in [3.63, 3.8) is 0 Å². The first-order valence-electron chi connectivity index (χ1n) is 5.28. The molecule has 0 aromatic rings. The Bertz CT molecular complexity index is 282. The monoisotopic (exact) mass is 275 g/mol. The van der Waals surface area contributed by atoms with Gasteiger partial charge in [0.15, 0.2) is 0 Å². The number of carbonyl (C=O) groups is 2. The van der Waals surface area contributed by atoms with E-state index in [4.69, 9.17) is 4.74 Å². The molecule has 2 rings (SSSR count). The van der Waals surface area contributed by atoms with Gasteiger partial charge in [-0.3, -0.25) is 4.79 Å². The molecular weight excluding hydrogens is 262 g/mol. The fraction of sp³-hybridized carbons (Fsp3) is 0.800. The SMILES string of the molecule is O=C1OCCN1C(=O)[C@H]1CCC[C@@H]1CBr. The molecule has 15 heavy (non-hydrogen) atoms. The molecule has 0 aromatic heterocycles. The Balaban J connectivity index is 2.03. The molecule has 2 fully saturated rings. The van der Waals surface area contributed by atoms with Gasteiger partial charge in [-0.2, -0.15) is 0 Å². The fourth-order valence-corrected chi connectivity index (χ4v) is 3.12. The van der Waals surface area contributed by atoms with Gasteiger partial charge in [0.25, 0.3) is 0 Å². The predicted octanol–water partition coefficient (Wildman–Crippen LogP) is 1.78.